The zero-order valence-electron chi connectivity index (χ0n) is 12.0. The van der Waals surface area contributed by atoms with Crippen molar-refractivity contribution < 1.29 is 19.6 Å². The molecule has 1 fully saturated rings. The van der Waals surface area contributed by atoms with E-state index in [1.807, 2.05) is 6.92 Å². The predicted molar refractivity (Wildman–Crippen MR) is 76.8 cm³/mol. The fourth-order valence-corrected chi connectivity index (χ4v) is 2.71. The molecule has 2 atom stereocenters. The summed E-state index contributed by atoms with van der Waals surface area (Å²) in [5.41, 5.74) is 0.319. The molecule has 1 aromatic carbocycles. The first kappa shape index (κ1) is 15.1. The van der Waals surface area contributed by atoms with Gasteiger partial charge in [-0.05, 0) is 25.0 Å². The molecular weight excluding hydrogens is 276 g/mol. The number of ether oxygens (including phenoxy) is 1. The molecule has 1 aliphatic rings. The van der Waals surface area contributed by atoms with Crippen LogP contribution in [0, 0.1) is 22.0 Å². The van der Waals surface area contributed by atoms with Crippen molar-refractivity contribution in [1.82, 2.24) is 0 Å². The first-order chi connectivity index (χ1) is 9.95. The molecule has 0 spiro atoms. The van der Waals surface area contributed by atoms with Crippen molar-refractivity contribution in [3.8, 4) is 5.75 Å². The summed E-state index contributed by atoms with van der Waals surface area (Å²) >= 11 is 0. The first-order valence-corrected chi connectivity index (χ1v) is 6.83. The van der Waals surface area contributed by atoms with Gasteiger partial charge in [-0.15, -0.1) is 0 Å². The molecule has 7 heteroatoms. The van der Waals surface area contributed by atoms with E-state index in [0.717, 1.165) is 0 Å². The Morgan fingerprint density at radius 2 is 2.24 bits per heavy atom. The van der Waals surface area contributed by atoms with Crippen LogP contribution in [-0.4, -0.2) is 35.7 Å². The van der Waals surface area contributed by atoms with Gasteiger partial charge in [-0.3, -0.25) is 14.9 Å². The van der Waals surface area contributed by atoms with Crippen molar-refractivity contribution >= 4 is 17.3 Å². The third kappa shape index (κ3) is 2.91. The molecule has 1 N–H and O–H groups in total. The molecular formula is C14H18N2O5. The average Bonchev–Trinajstić information content (AvgIpc) is 2.80. The van der Waals surface area contributed by atoms with Crippen LogP contribution in [0.3, 0.4) is 0 Å². The van der Waals surface area contributed by atoms with Gasteiger partial charge in [0, 0.05) is 13.1 Å². The highest BCUT2D eigenvalue weighted by Crippen LogP contribution is 2.40. The maximum absolute atomic E-state index is 11.4. The van der Waals surface area contributed by atoms with Crippen LogP contribution in [-0.2, 0) is 4.79 Å². The summed E-state index contributed by atoms with van der Waals surface area (Å²) < 4.78 is 5.32. The second-order valence-electron chi connectivity index (χ2n) is 5.14. The van der Waals surface area contributed by atoms with Crippen LogP contribution in [0.5, 0.6) is 5.75 Å². The van der Waals surface area contributed by atoms with Gasteiger partial charge in [0.1, 0.15) is 5.69 Å². The normalized spacial score (nSPS) is 21.3. The number of nitro benzene ring substituents is 1. The average molecular weight is 294 g/mol. The Labute approximate surface area is 122 Å². The quantitative estimate of drug-likeness (QED) is 0.660. The summed E-state index contributed by atoms with van der Waals surface area (Å²) in [5, 5.41) is 20.5. The third-order valence-corrected chi connectivity index (χ3v) is 3.73. The molecule has 2 rings (SSSR count). The monoisotopic (exact) mass is 294 g/mol. The molecule has 0 aromatic heterocycles. The number of anilines is 1. The minimum Gasteiger partial charge on any atom is -0.487 e. The van der Waals surface area contributed by atoms with E-state index in [-0.39, 0.29) is 23.9 Å². The largest absolute Gasteiger partial charge is 0.487 e. The molecule has 1 saturated heterocycles. The highest BCUT2D eigenvalue weighted by Gasteiger charge is 2.37. The van der Waals surface area contributed by atoms with E-state index < -0.39 is 16.8 Å². The molecule has 7 nitrogen and oxygen atoms in total. The summed E-state index contributed by atoms with van der Waals surface area (Å²) in [7, 11) is 0. The number of aliphatic carboxylic acids is 1. The van der Waals surface area contributed by atoms with Gasteiger partial charge in [-0.2, -0.15) is 0 Å². The number of carbonyl (C=O) groups is 1. The standard InChI is InChI=1S/C14H18N2O5/c1-3-21-12-6-4-5-11(13(12)16(19)20)15-7-9(2)10(8-15)14(17)18/h4-6,9-10H,3,7-8H2,1-2H3,(H,17,18). The Kier molecular flexibility index (Phi) is 4.30. The van der Waals surface area contributed by atoms with E-state index >= 15 is 0 Å². The number of nitrogens with zero attached hydrogens (tertiary/aromatic N) is 2. The number of benzene rings is 1. The maximum Gasteiger partial charge on any atom is 0.333 e. The minimum atomic E-state index is -0.867. The number of hydrogen-bond acceptors (Lipinski definition) is 5. The lowest BCUT2D eigenvalue weighted by atomic mass is 9.99. The molecule has 114 valence electrons. The Morgan fingerprint density at radius 3 is 2.76 bits per heavy atom. The summed E-state index contributed by atoms with van der Waals surface area (Å²) in [4.78, 5) is 23.8. The number of para-hydroxylation sites is 1. The van der Waals surface area contributed by atoms with Crippen molar-refractivity contribution in [2.75, 3.05) is 24.6 Å². The zero-order valence-corrected chi connectivity index (χ0v) is 12.0. The number of carboxylic acids is 1. The second kappa shape index (κ2) is 5.99. The van der Waals surface area contributed by atoms with Crippen molar-refractivity contribution in [3.05, 3.63) is 28.3 Å². The SMILES string of the molecule is CCOc1cccc(N2CC(C)C(C(=O)O)C2)c1[N+](=O)[O-]. The molecule has 0 amide bonds. The van der Waals surface area contributed by atoms with Gasteiger partial charge in [0.05, 0.1) is 17.4 Å². The number of hydrogen-bond donors (Lipinski definition) is 1. The number of nitro groups is 1. The van der Waals surface area contributed by atoms with E-state index in [2.05, 4.69) is 0 Å². The molecule has 2 unspecified atom stereocenters. The molecule has 0 radical (unpaired) electrons. The highest BCUT2D eigenvalue weighted by molar-refractivity contribution is 5.75. The fourth-order valence-electron chi connectivity index (χ4n) is 2.71. The summed E-state index contributed by atoms with van der Waals surface area (Å²) in [6, 6.07) is 4.88. The van der Waals surface area contributed by atoms with Crippen molar-refractivity contribution in [3.63, 3.8) is 0 Å². The molecule has 0 aliphatic carbocycles. The van der Waals surface area contributed by atoms with Crippen LogP contribution in [0.1, 0.15) is 13.8 Å². The number of carboxylic acid groups (broad SMARTS) is 1. The van der Waals surface area contributed by atoms with Crippen molar-refractivity contribution in [1.29, 1.82) is 0 Å². The highest BCUT2D eigenvalue weighted by atomic mass is 16.6. The fraction of sp³-hybridized carbons (Fsp3) is 0.500. The maximum atomic E-state index is 11.4. The van der Waals surface area contributed by atoms with Crippen LogP contribution in [0.2, 0.25) is 0 Å². The smallest absolute Gasteiger partial charge is 0.333 e. The van der Waals surface area contributed by atoms with Gasteiger partial charge in [-0.25, -0.2) is 0 Å². The van der Waals surface area contributed by atoms with Gasteiger partial charge >= 0.3 is 11.7 Å². The Hall–Kier alpha value is -2.31. The minimum absolute atomic E-state index is 0.0575. The summed E-state index contributed by atoms with van der Waals surface area (Å²) in [6.45, 7) is 4.69. The first-order valence-electron chi connectivity index (χ1n) is 6.83. The Balaban J connectivity index is 2.38. The van der Waals surface area contributed by atoms with E-state index in [1.54, 1.807) is 30.0 Å². The molecule has 1 heterocycles. The molecule has 0 bridgehead atoms. The zero-order chi connectivity index (χ0) is 15.6. The van der Waals surface area contributed by atoms with Crippen LogP contribution >= 0.6 is 0 Å². The van der Waals surface area contributed by atoms with Gasteiger partial charge in [0.15, 0.2) is 5.75 Å². The lowest BCUT2D eigenvalue weighted by molar-refractivity contribution is -0.385. The summed E-state index contributed by atoms with van der Waals surface area (Å²) in [5.74, 6) is -1.22. The van der Waals surface area contributed by atoms with Gasteiger partial charge < -0.3 is 14.7 Å². The van der Waals surface area contributed by atoms with Crippen LogP contribution in [0.25, 0.3) is 0 Å². The summed E-state index contributed by atoms with van der Waals surface area (Å²) in [6.07, 6.45) is 0. The van der Waals surface area contributed by atoms with E-state index in [4.69, 9.17) is 4.74 Å². The lowest BCUT2D eigenvalue weighted by Crippen LogP contribution is -2.23. The molecule has 1 aliphatic heterocycles. The van der Waals surface area contributed by atoms with E-state index in [0.29, 0.717) is 18.8 Å². The lowest BCUT2D eigenvalue weighted by Gasteiger charge is -2.19. The Morgan fingerprint density at radius 1 is 1.52 bits per heavy atom. The Bertz CT molecular complexity index is 560. The van der Waals surface area contributed by atoms with E-state index in [9.17, 15) is 20.0 Å². The van der Waals surface area contributed by atoms with Crippen LogP contribution in [0.4, 0.5) is 11.4 Å². The molecule has 1 aromatic rings. The second-order valence-corrected chi connectivity index (χ2v) is 5.14. The van der Waals surface area contributed by atoms with Crippen LogP contribution in [0.15, 0.2) is 18.2 Å². The van der Waals surface area contributed by atoms with Gasteiger partial charge in [-0.1, -0.05) is 13.0 Å². The van der Waals surface area contributed by atoms with E-state index in [1.165, 1.54) is 0 Å². The van der Waals surface area contributed by atoms with Gasteiger partial charge in [0.25, 0.3) is 0 Å². The third-order valence-electron chi connectivity index (χ3n) is 3.73. The molecule has 0 saturated carbocycles. The topological polar surface area (TPSA) is 92.9 Å². The van der Waals surface area contributed by atoms with Gasteiger partial charge in [0.2, 0.25) is 0 Å². The van der Waals surface area contributed by atoms with Crippen molar-refractivity contribution in [2.45, 2.75) is 13.8 Å². The predicted octanol–water partition coefficient (Wildman–Crippen LogP) is 2.15. The van der Waals surface area contributed by atoms with Crippen molar-refractivity contribution in [2.24, 2.45) is 11.8 Å². The molecule has 21 heavy (non-hydrogen) atoms. The van der Waals surface area contributed by atoms with Crippen LogP contribution < -0.4 is 9.64 Å². The number of rotatable bonds is 5.